The second-order valence-electron chi connectivity index (χ2n) is 5.73. The third-order valence-electron chi connectivity index (χ3n) is 2.42. The number of nitrogens with zero attached hydrogens (tertiary/aromatic N) is 2. The molecule has 110 valence electrons. The summed E-state index contributed by atoms with van der Waals surface area (Å²) in [5.41, 5.74) is -0.126. The Morgan fingerprint density at radius 3 is 2.70 bits per heavy atom. The molecule has 20 heavy (non-hydrogen) atoms. The third kappa shape index (κ3) is 5.69. The van der Waals surface area contributed by atoms with Crippen LogP contribution in [0.25, 0.3) is 0 Å². The van der Waals surface area contributed by atoms with Crippen molar-refractivity contribution in [1.82, 2.24) is 10.1 Å². The molecule has 6 heteroatoms. The average Bonchev–Trinajstić information content (AvgIpc) is 2.78. The van der Waals surface area contributed by atoms with Crippen LogP contribution in [-0.2, 0) is 9.59 Å². The highest BCUT2D eigenvalue weighted by Crippen LogP contribution is 2.19. The SMILES string of the molecule is C=CCN(CC(=O)Nc1ccon1)C(=O)CC(C)(C)C. The Labute approximate surface area is 118 Å². The number of amides is 2. The van der Waals surface area contributed by atoms with E-state index in [0.29, 0.717) is 18.8 Å². The van der Waals surface area contributed by atoms with E-state index in [9.17, 15) is 9.59 Å². The summed E-state index contributed by atoms with van der Waals surface area (Å²) < 4.78 is 4.62. The van der Waals surface area contributed by atoms with Crippen LogP contribution < -0.4 is 5.32 Å². The zero-order valence-corrected chi connectivity index (χ0v) is 12.2. The third-order valence-corrected chi connectivity index (χ3v) is 2.42. The number of nitrogens with one attached hydrogen (secondary N) is 1. The number of aromatic nitrogens is 1. The summed E-state index contributed by atoms with van der Waals surface area (Å²) in [5.74, 6) is -0.0625. The summed E-state index contributed by atoms with van der Waals surface area (Å²) in [6.07, 6.45) is 3.34. The van der Waals surface area contributed by atoms with Gasteiger partial charge in [0.05, 0.1) is 0 Å². The molecule has 0 saturated carbocycles. The molecule has 1 rings (SSSR count). The van der Waals surface area contributed by atoms with Gasteiger partial charge in [0.1, 0.15) is 12.8 Å². The van der Waals surface area contributed by atoms with Crippen LogP contribution in [0.2, 0.25) is 0 Å². The molecule has 0 aliphatic rings. The zero-order valence-electron chi connectivity index (χ0n) is 12.2. The van der Waals surface area contributed by atoms with Crippen LogP contribution in [0.5, 0.6) is 0 Å². The maximum atomic E-state index is 12.2. The predicted molar refractivity (Wildman–Crippen MR) is 76.0 cm³/mol. The Hall–Kier alpha value is -2.11. The number of rotatable bonds is 6. The van der Waals surface area contributed by atoms with E-state index in [1.54, 1.807) is 6.08 Å². The Bertz CT molecular complexity index is 461. The molecule has 1 N–H and O–H groups in total. The lowest BCUT2D eigenvalue weighted by Gasteiger charge is -2.25. The Morgan fingerprint density at radius 1 is 1.50 bits per heavy atom. The fourth-order valence-corrected chi connectivity index (χ4v) is 1.61. The Morgan fingerprint density at radius 2 is 2.20 bits per heavy atom. The van der Waals surface area contributed by atoms with Gasteiger partial charge in [0.15, 0.2) is 5.82 Å². The summed E-state index contributed by atoms with van der Waals surface area (Å²) in [6.45, 7) is 9.85. The van der Waals surface area contributed by atoms with E-state index in [2.05, 4.69) is 21.6 Å². The predicted octanol–water partition coefficient (Wildman–Crippen LogP) is 2.06. The fourth-order valence-electron chi connectivity index (χ4n) is 1.61. The lowest BCUT2D eigenvalue weighted by atomic mass is 9.91. The van der Waals surface area contributed by atoms with Crippen molar-refractivity contribution in [3.8, 4) is 0 Å². The molecule has 0 aliphatic carbocycles. The minimum absolute atomic E-state index is 0.0339. The number of hydrogen-bond acceptors (Lipinski definition) is 4. The standard InChI is InChI=1S/C14H21N3O3/c1-5-7-17(13(19)9-14(2,3)4)10-12(18)15-11-6-8-20-16-11/h5-6,8H,1,7,9-10H2,2-4H3,(H,15,16,18). The molecule has 0 saturated heterocycles. The van der Waals surface area contributed by atoms with E-state index in [1.807, 2.05) is 20.8 Å². The molecule has 0 unspecified atom stereocenters. The van der Waals surface area contributed by atoms with Crippen molar-refractivity contribution >= 4 is 17.6 Å². The fraction of sp³-hybridized carbons (Fsp3) is 0.500. The van der Waals surface area contributed by atoms with Gasteiger partial charge in [0.25, 0.3) is 0 Å². The molecule has 0 aromatic carbocycles. The highest BCUT2D eigenvalue weighted by atomic mass is 16.5. The molecular formula is C14H21N3O3. The van der Waals surface area contributed by atoms with Crippen LogP contribution in [0.15, 0.2) is 29.5 Å². The largest absolute Gasteiger partial charge is 0.363 e. The number of hydrogen-bond donors (Lipinski definition) is 1. The molecule has 0 atom stereocenters. The lowest BCUT2D eigenvalue weighted by molar-refractivity contribution is -0.135. The molecule has 2 amide bonds. The van der Waals surface area contributed by atoms with Crippen molar-refractivity contribution in [3.63, 3.8) is 0 Å². The first-order valence-corrected chi connectivity index (χ1v) is 6.41. The quantitative estimate of drug-likeness (QED) is 0.809. The first-order valence-electron chi connectivity index (χ1n) is 6.41. The highest BCUT2D eigenvalue weighted by Gasteiger charge is 2.22. The highest BCUT2D eigenvalue weighted by molar-refractivity contribution is 5.93. The van der Waals surface area contributed by atoms with Crippen molar-refractivity contribution < 1.29 is 14.1 Å². The van der Waals surface area contributed by atoms with Crippen molar-refractivity contribution in [2.24, 2.45) is 5.41 Å². The Balaban J connectivity index is 2.59. The summed E-state index contributed by atoms with van der Waals surface area (Å²) in [4.78, 5) is 25.5. The van der Waals surface area contributed by atoms with Gasteiger partial charge in [-0.25, -0.2) is 0 Å². The summed E-state index contributed by atoms with van der Waals surface area (Å²) >= 11 is 0. The smallest absolute Gasteiger partial charge is 0.245 e. The molecular weight excluding hydrogens is 258 g/mol. The van der Waals surface area contributed by atoms with Crippen LogP contribution in [0.4, 0.5) is 5.82 Å². The van der Waals surface area contributed by atoms with Gasteiger partial charge < -0.3 is 14.7 Å². The molecule has 6 nitrogen and oxygen atoms in total. The second kappa shape index (κ2) is 6.88. The lowest BCUT2D eigenvalue weighted by Crippen LogP contribution is -2.39. The van der Waals surface area contributed by atoms with E-state index in [-0.39, 0.29) is 23.8 Å². The molecule has 0 spiro atoms. The van der Waals surface area contributed by atoms with Crippen LogP contribution in [0.1, 0.15) is 27.2 Å². The van der Waals surface area contributed by atoms with Crippen molar-refractivity contribution in [2.75, 3.05) is 18.4 Å². The van der Waals surface area contributed by atoms with Crippen LogP contribution in [0.3, 0.4) is 0 Å². The molecule has 1 aromatic heterocycles. The van der Waals surface area contributed by atoms with E-state index < -0.39 is 0 Å². The van der Waals surface area contributed by atoms with Crippen LogP contribution in [-0.4, -0.2) is 35.0 Å². The van der Waals surface area contributed by atoms with Crippen molar-refractivity contribution in [3.05, 3.63) is 25.0 Å². The minimum atomic E-state index is -0.317. The van der Waals surface area contributed by atoms with E-state index >= 15 is 0 Å². The van der Waals surface area contributed by atoms with Gasteiger partial charge in [-0.05, 0) is 5.41 Å². The number of carbonyl (C=O) groups is 2. The maximum Gasteiger partial charge on any atom is 0.245 e. The van der Waals surface area contributed by atoms with E-state index in [0.717, 1.165) is 0 Å². The molecule has 1 heterocycles. The summed E-state index contributed by atoms with van der Waals surface area (Å²) in [7, 11) is 0. The average molecular weight is 279 g/mol. The molecule has 0 aliphatic heterocycles. The summed E-state index contributed by atoms with van der Waals surface area (Å²) in [6, 6.07) is 1.53. The van der Waals surface area contributed by atoms with Gasteiger partial charge in [0.2, 0.25) is 11.8 Å². The van der Waals surface area contributed by atoms with Gasteiger partial charge in [-0.3, -0.25) is 9.59 Å². The van der Waals surface area contributed by atoms with Gasteiger partial charge in [-0.15, -0.1) is 6.58 Å². The topological polar surface area (TPSA) is 75.4 Å². The van der Waals surface area contributed by atoms with Gasteiger partial charge >= 0.3 is 0 Å². The monoisotopic (exact) mass is 279 g/mol. The zero-order chi connectivity index (χ0) is 15.2. The van der Waals surface area contributed by atoms with Gasteiger partial charge in [-0.2, -0.15) is 0 Å². The van der Waals surface area contributed by atoms with Gasteiger partial charge in [0, 0.05) is 19.0 Å². The van der Waals surface area contributed by atoms with Crippen LogP contribution >= 0.6 is 0 Å². The van der Waals surface area contributed by atoms with E-state index in [1.165, 1.54) is 17.2 Å². The van der Waals surface area contributed by atoms with Crippen molar-refractivity contribution in [1.29, 1.82) is 0 Å². The summed E-state index contributed by atoms with van der Waals surface area (Å²) in [5, 5.41) is 6.14. The molecule has 1 aromatic rings. The van der Waals surface area contributed by atoms with Gasteiger partial charge in [-0.1, -0.05) is 32.0 Å². The minimum Gasteiger partial charge on any atom is -0.363 e. The number of anilines is 1. The second-order valence-corrected chi connectivity index (χ2v) is 5.73. The van der Waals surface area contributed by atoms with E-state index in [4.69, 9.17) is 0 Å². The molecule has 0 bridgehead atoms. The van der Waals surface area contributed by atoms with Crippen LogP contribution in [0, 0.1) is 5.41 Å². The Kier molecular flexibility index (Phi) is 5.49. The first-order chi connectivity index (χ1) is 9.31. The number of carbonyl (C=O) groups excluding carboxylic acids is 2. The normalized spacial score (nSPS) is 10.9. The van der Waals surface area contributed by atoms with Crippen molar-refractivity contribution in [2.45, 2.75) is 27.2 Å². The first kappa shape index (κ1) is 15.9. The molecule has 0 radical (unpaired) electrons. The maximum absolute atomic E-state index is 12.2. The molecule has 0 fully saturated rings.